The number of aromatic amines is 1. The van der Waals surface area contributed by atoms with Crippen LogP contribution in [0.1, 0.15) is 10.5 Å². The van der Waals surface area contributed by atoms with Crippen LogP contribution >= 0.6 is 0 Å². The van der Waals surface area contributed by atoms with Crippen LogP contribution in [0.25, 0.3) is 0 Å². The molecule has 2 aromatic rings. The Kier molecular flexibility index (Phi) is 3.40. The van der Waals surface area contributed by atoms with Crippen molar-refractivity contribution >= 4 is 21.8 Å². The first kappa shape index (κ1) is 13.9. The van der Waals surface area contributed by atoms with E-state index in [1.807, 2.05) is 4.72 Å². The second-order valence-corrected chi connectivity index (χ2v) is 5.37. The molecule has 0 saturated heterocycles. The van der Waals surface area contributed by atoms with E-state index < -0.39 is 32.5 Å². The molecule has 1 aromatic heterocycles. The first-order valence-corrected chi connectivity index (χ1v) is 6.54. The lowest BCUT2D eigenvalue weighted by atomic mass is 10.3. The van der Waals surface area contributed by atoms with Gasteiger partial charge in [-0.3, -0.25) is 9.82 Å². The van der Waals surface area contributed by atoms with Crippen molar-refractivity contribution in [2.45, 2.75) is 4.90 Å². The zero-order chi connectivity index (χ0) is 14.9. The highest BCUT2D eigenvalue weighted by atomic mass is 32.2. The number of anilines is 1. The Morgan fingerprint density at radius 3 is 2.30 bits per heavy atom. The molecule has 0 unspecified atom stereocenters. The second kappa shape index (κ2) is 4.89. The summed E-state index contributed by atoms with van der Waals surface area (Å²) in [6.07, 6.45) is 0. The first-order valence-electron chi connectivity index (χ1n) is 5.05. The normalized spacial score (nSPS) is 11.3. The number of nitrogens with one attached hydrogen (secondary N) is 2. The lowest BCUT2D eigenvalue weighted by molar-refractivity contribution is 0.0690. The summed E-state index contributed by atoms with van der Waals surface area (Å²) in [5.74, 6) is -3.76. The Balaban J connectivity index is 2.32. The van der Waals surface area contributed by atoms with Crippen LogP contribution in [-0.4, -0.2) is 29.7 Å². The average Bonchev–Trinajstić information content (AvgIpc) is 2.75. The molecule has 0 saturated carbocycles. The fourth-order valence-electron chi connectivity index (χ4n) is 1.36. The van der Waals surface area contributed by atoms with Gasteiger partial charge in [0.2, 0.25) is 0 Å². The van der Waals surface area contributed by atoms with Gasteiger partial charge >= 0.3 is 5.97 Å². The van der Waals surface area contributed by atoms with E-state index >= 15 is 0 Å². The number of aromatic carboxylic acids is 1. The van der Waals surface area contributed by atoms with Crippen LogP contribution in [-0.2, 0) is 10.0 Å². The Morgan fingerprint density at radius 2 is 1.80 bits per heavy atom. The number of hydrogen-bond acceptors (Lipinski definition) is 4. The van der Waals surface area contributed by atoms with Gasteiger partial charge in [-0.2, -0.15) is 5.10 Å². The maximum atomic E-state index is 13.0. The third-order valence-corrected chi connectivity index (χ3v) is 3.53. The van der Waals surface area contributed by atoms with E-state index in [1.165, 1.54) is 0 Å². The number of carboxylic acids is 1. The van der Waals surface area contributed by atoms with E-state index in [1.54, 1.807) is 0 Å². The van der Waals surface area contributed by atoms with Crippen LogP contribution < -0.4 is 4.72 Å². The van der Waals surface area contributed by atoms with E-state index in [0.29, 0.717) is 18.2 Å². The van der Waals surface area contributed by atoms with Crippen molar-refractivity contribution in [2.75, 3.05) is 4.72 Å². The number of sulfonamides is 1. The molecular weight excluding hydrogens is 296 g/mol. The summed E-state index contributed by atoms with van der Waals surface area (Å²) in [6.45, 7) is 0. The molecule has 20 heavy (non-hydrogen) atoms. The molecule has 0 spiro atoms. The minimum atomic E-state index is -4.28. The molecule has 0 atom stereocenters. The minimum Gasteiger partial charge on any atom is -0.477 e. The maximum absolute atomic E-state index is 13.0. The van der Waals surface area contributed by atoms with Crippen LogP contribution in [0.15, 0.2) is 29.2 Å². The number of hydrogen-bond donors (Lipinski definition) is 3. The summed E-state index contributed by atoms with van der Waals surface area (Å²) in [4.78, 5) is 9.95. The Hall–Kier alpha value is -2.49. The van der Waals surface area contributed by atoms with Gasteiger partial charge < -0.3 is 5.11 Å². The van der Waals surface area contributed by atoms with Gasteiger partial charge in [0.15, 0.2) is 5.82 Å². The molecular formula is C10H7F2N3O4S. The first-order chi connectivity index (χ1) is 9.28. The van der Waals surface area contributed by atoms with Crippen molar-refractivity contribution in [2.24, 2.45) is 0 Å². The fourth-order valence-corrected chi connectivity index (χ4v) is 2.40. The molecule has 0 radical (unpaired) electrons. The fraction of sp³-hybridized carbons (Fsp3) is 0. The Bertz CT molecular complexity index is 752. The lowest BCUT2D eigenvalue weighted by Gasteiger charge is -2.05. The summed E-state index contributed by atoms with van der Waals surface area (Å²) in [7, 11) is -4.28. The van der Waals surface area contributed by atoms with Gasteiger partial charge in [-0.15, -0.1) is 0 Å². The molecule has 10 heteroatoms. The molecule has 0 aliphatic heterocycles. The number of rotatable bonds is 4. The molecule has 1 aromatic carbocycles. The summed E-state index contributed by atoms with van der Waals surface area (Å²) >= 11 is 0. The topological polar surface area (TPSA) is 112 Å². The molecule has 0 fully saturated rings. The average molecular weight is 303 g/mol. The van der Waals surface area contributed by atoms with Gasteiger partial charge in [0.1, 0.15) is 17.3 Å². The zero-order valence-electron chi connectivity index (χ0n) is 9.59. The third kappa shape index (κ3) is 2.91. The predicted molar refractivity (Wildman–Crippen MR) is 62.7 cm³/mol. The Morgan fingerprint density at radius 1 is 1.20 bits per heavy atom. The van der Waals surface area contributed by atoms with Crippen LogP contribution in [0.3, 0.4) is 0 Å². The van der Waals surface area contributed by atoms with Crippen molar-refractivity contribution in [3.63, 3.8) is 0 Å². The van der Waals surface area contributed by atoms with Gasteiger partial charge in [0, 0.05) is 12.1 Å². The molecule has 7 nitrogen and oxygen atoms in total. The quantitative estimate of drug-likeness (QED) is 0.785. The number of halogens is 2. The molecule has 0 bridgehead atoms. The van der Waals surface area contributed by atoms with Crippen molar-refractivity contribution in [3.05, 3.63) is 41.6 Å². The number of H-pyrrole nitrogens is 1. The summed E-state index contributed by atoms with van der Waals surface area (Å²) in [5, 5.41) is 14.1. The predicted octanol–water partition coefficient (Wildman–Crippen LogP) is 1.19. The standard InChI is InChI=1S/C10H7F2N3O4S/c11-5-1-6(12)3-7(2-5)20(18,19)15-9-4-8(10(16)17)13-14-9/h1-4H,(H,16,17)(H2,13,14,15). The smallest absolute Gasteiger partial charge is 0.353 e. The molecule has 0 aliphatic carbocycles. The van der Waals surface area contributed by atoms with Gasteiger partial charge in [-0.05, 0) is 12.1 Å². The summed E-state index contributed by atoms with van der Waals surface area (Å²) < 4.78 is 51.5. The summed E-state index contributed by atoms with van der Waals surface area (Å²) in [6, 6.07) is 2.69. The van der Waals surface area contributed by atoms with E-state index in [0.717, 1.165) is 6.07 Å². The largest absolute Gasteiger partial charge is 0.477 e. The lowest BCUT2D eigenvalue weighted by Crippen LogP contribution is -2.13. The highest BCUT2D eigenvalue weighted by Gasteiger charge is 2.19. The highest BCUT2D eigenvalue weighted by Crippen LogP contribution is 2.17. The number of carboxylic acid groups (broad SMARTS) is 1. The van der Waals surface area contributed by atoms with Crippen LogP contribution in [0.4, 0.5) is 14.6 Å². The van der Waals surface area contributed by atoms with Crippen LogP contribution in [0.5, 0.6) is 0 Å². The third-order valence-electron chi connectivity index (χ3n) is 2.19. The van der Waals surface area contributed by atoms with Gasteiger partial charge in [0.25, 0.3) is 10.0 Å². The van der Waals surface area contributed by atoms with Crippen molar-refractivity contribution in [1.29, 1.82) is 0 Å². The van der Waals surface area contributed by atoms with Gasteiger partial charge in [0.05, 0.1) is 4.90 Å². The van der Waals surface area contributed by atoms with Crippen molar-refractivity contribution in [3.8, 4) is 0 Å². The maximum Gasteiger partial charge on any atom is 0.353 e. The molecule has 106 valence electrons. The zero-order valence-corrected chi connectivity index (χ0v) is 10.4. The van der Waals surface area contributed by atoms with Crippen LogP contribution in [0, 0.1) is 11.6 Å². The second-order valence-electron chi connectivity index (χ2n) is 3.68. The van der Waals surface area contributed by atoms with Crippen LogP contribution in [0.2, 0.25) is 0 Å². The number of aromatic nitrogens is 2. The van der Waals surface area contributed by atoms with E-state index in [9.17, 15) is 22.0 Å². The van der Waals surface area contributed by atoms with E-state index in [2.05, 4.69) is 10.2 Å². The van der Waals surface area contributed by atoms with Crippen molar-refractivity contribution in [1.82, 2.24) is 10.2 Å². The molecule has 3 N–H and O–H groups in total. The van der Waals surface area contributed by atoms with Gasteiger partial charge in [-0.1, -0.05) is 0 Å². The van der Waals surface area contributed by atoms with E-state index in [4.69, 9.17) is 5.11 Å². The molecule has 0 amide bonds. The molecule has 1 heterocycles. The molecule has 2 rings (SSSR count). The minimum absolute atomic E-state index is 0.313. The van der Waals surface area contributed by atoms with E-state index in [-0.39, 0.29) is 11.5 Å². The van der Waals surface area contributed by atoms with Crippen molar-refractivity contribution < 1.29 is 27.1 Å². The molecule has 0 aliphatic rings. The number of benzene rings is 1. The SMILES string of the molecule is O=C(O)c1cc(NS(=O)(=O)c2cc(F)cc(F)c2)n[nH]1. The Labute approximate surface area is 111 Å². The monoisotopic (exact) mass is 303 g/mol. The van der Waals surface area contributed by atoms with Gasteiger partial charge in [-0.25, -0.2) is 22.0 Å². The highest BCUT2D eigenvalue weighted by molar-refractivity contribution is 7.92. The number of nitrogens with zero attached hydrogens (tertiary/aromatic N) is 1. The summed E-state index contributed by atoms with van der Waals surface area (Å²) in [5.41, 5.74) is -0.340. The number of carbonyl (C=O) groups is 1.